The maximum Gasteiger partial charge on any atom is 0.238 e. The number of hydrogen-bond acceptors (Lipinski definition) is 3. The molecule has 0 bridgehead atoms. The van der Waals surface area contributed by atoms with Gasteiger partial charge >= 0.3 is 0 Å². The van der Waals surface area contributed by atoms with Crippen molar-refractivity contribution in [2.75, 3.05) is 6.54 Å². The van der Waals surface area contributed by atoms with E-state index in [1.807, 2.05) is 66.7 Å². The van der Waals surface area contributed by atoms with Gasteiger partial charge in [0.05, 0.1) is 4.90 Å². The van der Waals surface area contributed by atoms with E-state index in [-0.39, 0.29) is 4.90 Å². The Morgan fingerprint density at radius 2 is 1.50 bits per heavy atom. The van der Waals surface area contributed by atoms with Crippen LogP contribution in [0.5, 0.6) is 0 Å². The summed E-state index contributed by atoms with van der Waals surface area (Å²) in [7, 11) is -3.85. The fourth-order valence-corrected chi connectivity index (χ4v) is 4.50. The van der Waals surface area contributed by atoms with Crippen molar-refractivity contribution >= 4 is 20.8 Å². The molecule has 30 heavy (non-hydrogen) atoms. The number of nitrogens with one attached hydrogen (secondary N) is 1. The number of nitrogens with two attached hydrogens (primary N) is 1. The fraction of sp³-hybridized carbons (Fsp3) is 0.120. The van der Waals surface area contributed by atoms with E-state index in [1.165, 1.54) is 5.56 Å². The molecule has 4 rings (SSSR count). The lowest BCUT2D eigenvalue weighted by atomic mass is 9.97. The number of sulfonamides is 1. The van der Waals surface area contributed by atoms with Crippen molar-refractivity contribution in [1.82, 2.24) is 5.32 Å². The summed E-state index contributed by atoms with van der Waals surface area (Å²) in [5.74, 6) is 0. The molecule has 3 N–H and O–H groups in total. The van der Waals surface area contributed by atoms with Gasteiger partial charge in [0.15, 0.2) is 0 Å². The van der Waals surface area contributed by atoms with Crippen LogP contribution >= 0.6 is 0 Å². The molecule has 0 aliphatic carbocycles. The molecule has 0 fully saturated rings. The Labute approximate surface area is 177 Å². The highest BCUT2D eigenvalue weighted by Crippen LogP contribution is 2.34. The number of primary sulfonamides is 1. The Hall–Kier alpha value is -2.99. The van der Waals surface area contributed by atoms with Gasteiger partial charge in [0.1, 0.15) is 0 Å². The summed E-state index contributed by atoms with van der Waals surface area (Å²) in [6.45, 7) is 1.57. The maximum atomic E-state index is 12.3. The maximum absolute atomic E-state index is 12.3. The average molecular weight is 417 g/mol. The van der Waals surface area contributed by atoms with Crippen molar-refractivity contribution in [3.05, 3.63) is 102 Å². The molecule has 0 saturated carbocycles. The van der Waals surface area contributed by atoms with E-state index in [9.17, 15) is 8.42 Å². The summed E-state index contributed by atoms with van der Waals surface area (Å²) >= 11 is 0. The topological polar surface area (TPSA) is 72.2 Å². The van der Waals surface area contributed by atoms with Gasteiger partial charge in [-0.2, -0.15) is 0 Å². The monoisotopic (exact) mass is 416 g/mol. The van der Waals surface area contributed by atoms with Crippen molar-refractivity contribution in [3.63, 3.8) is 0 Å². The number of rotatable bonds is 7. The molecule has 0 unspecified atom stereocenters. The Morgan fingerprint density at radius 3 is 2.30 bits per heavy atom. The minimum Gasteiger partial charge on any atom is -0.312 e. The molecule has 0 aliphatic heterocycles. The van der Waals surface area contributed by atoms with Crippen molar-refractivity contribution in [1.29, 1.82) is 0 Å². The summed E-state index contributed by atoms with van der Waals surface area (Å²) in [5.41, 5.74) is 3.89. The molecule has 4 nitrogen and oxygen atoms in total. The van der Waals surface area contributed by atoms with E-state index in [2.05, 4.69) is 17.4 Å². The van der Waals surface area contributed by atoms with E-state index < -0.39 is 10.0 Å². The van der Waals surface area contributed by atoms with E-state index in [1.54, 1.807) is 12.1 Å². The predicted molar refractivity (Wildman–Crippen MR) is 123 cm³/mol. The second-order valence-corrected chi connectivity index (χ2v) is 8.85. The van der Waals surface area contributed by atoms with Crippen LogP contribution in [0.2, 0.25) is 0 Å². The summed E-state index contributed by atoms with van der Waals surface area (Å²) in [4.78, 5) is 0.149. The zero-order chi connectivity index (χ0) is 21.0. The van der Waals surface area contributed by atoms with E-state index in [4.69, 9.17) is 5.14 Å². The van der Waals surface area contributed by atoms with Gasteiger partial charge in [0.2, 0.25) is 10.0 Å². The molecule has 0 spiro atoms. The fourth-order valence-electron chi connectivity index (χ4n) is 3.73. The van der Waals surface area contributed by atoms with Crippen LogP contribution in [-0.2, 0) is 23.0 Å². The average Bonchev–Trinajstić information content (AvgIpc) is 2.76. The van der Waals surface area contributed by atoms with Crippen LogP contribution in [0, 0.1) is 0 Å². The van der Waals surface area contributed by atoms with Gasteiger partial charge in [0, 0.05) is 12.1 Å². The molecule has 5 heteroatoms. The summed E-state index contributed by atoms with van der Waals surface area (Å²) in [5, 5.41) is 10.9. The molecule has 0 heterocycles. The van der Waals surface area contributed by atoms with Crippen LogP contribution in [-0.4, -0.2) is 15.0 Å². The Bertz CT molecular complexity index is 1270. The second kappa shape index (κ2) is 8.79. The lowest BCUT2D eigenvalue weighted by Crippen LogP contribution is -2.16. The van der Waals surface area contributed by atoms with Crippen LogP contribution < -0.4 is 10.5 Å². The third kappa shape index (κ3) is 4.60. The minimum atomic E-state index is -3.85. The highest BCUT2D eigenvalue weighted by Gasteiger charge is 2.18. The molecule has 0 atom stereocenters. The molecule has 0 aliphatic rings. The Kier molecular flexibility index (Phi) is 5.95. The molecule has 4 aromatic rings. The first-order valence-electron chi connectivity index (χ1n) is 9.91. The molecule has 4 aromatic carbocycles. The zero-order valence-electron chi connectivity index (χ0n) is 16.6. The third-order valence-electron chi connectivity index (χ3n) is 5.18. The van der Waals surface area contributed by atoms with Crippen LogP contribution in [0.15, 0.2) is 95.9 Å². The first-order valence-corrected chi connectivity index (χ1v) is 11.5. The van der Waals surface area contributed by atoms with Gasteiger partial charge in [-0.1, -0.05) is 78.9 Å². The highest BCUT2D eigenvalue weighted by atomic mass is 32.2. The summed E-state index contributed by atoms with van der Waals surface area (Å²) in [6.07, 6.45) is 0.958. The standard InChI is InChI=1S/C25H24N2O2S/c26-30(28,29)24-14-13-21-10-4-5-12-23(21)25(24)22-11-6-9-20(17-22)18-27-16-15-19-7-2-1-3-8-19/h1-14,17,27H,15-16,18H2,(H2,26,28,29). The quantitative estimate of drug-likeness (QED) is 0.436. The SMILES string of the molecule is NS(=O)(=O)c1ccc2ccccc2c1-c1cccc(CNCCc2ccccc2)c1. The molecular formula is C25H24N2O2S. The van der Waals surface area contributed by atoms with Crippen molar-refractivity contribution in [2.45, 2.75) is 17.9 Å². The first kappa shape index (κ1) is 20.3. The molecule has 0 aromatic heterocycles. The molecule has 152 valence electrons. The van der Waals surface area contributed by atoms with Crippen LogP contribution in [0.4, 0.5) is 0 Å². The van der Waals surface area contributed by atoms with Gasteiger partial charge in [0.25, 0.3) is 0 Å². The van der Waals surface area contributed by atoms with Crippen LogP contribution in [0.25, 0.3) is 21.9 Å². The first-order chi connectivity index (χ1) is 14.5. The van der Waals surface area contributed by atoms with Crippen molar-refractivity contribution in [3.8, 4) is 11.1 Å². The Morgan fingerprint density at radius 1 is 0.767 bits per heavy atom. The van der Waals surface area contributed by atoms with E-state index in [0.717, 1.165) is 34.9 Å². The van der Waals surface area contributed by atoms with E-state index in [0.29, 0.717) is 12.1 Å². The van der Waals surface area contributed by atoms with E-state index >= 15 is 0 Å². The molecule has 0 amide bonds. The van der Waals surface area contributed by atoms with Gasteiger partial charge in [-0.05, 0) is 52.6 Å². The van der Waals surface area contributed by atoms with Crippen LogP contribution in [0.3, 0.4) is 0 Å². The van der Waals surface area contributed by atoms with Crippen molar-refractivity contribution in [2.24, 2.45) is 5.14 Å². The Balaban J connectivity index is 1.61. The zero-order valence-corrected chi connectivity index (χ0v) is 17.4. The normalized spacial score (nSPS) is 11.6. The predicted octanol–water partition coefficient (Wildman–Crippen LogP) is 4.49. The molecular weight excluding hydrogens is 392 g/mol. The highest BCUT2D eigenvalue weighted by molar-refractivity contribution is 7.89. The van der Waals surface area contributed by atoms with Crippen LogP contribution in [0.1, 0.15) is 11.1 Å². The van der Waals surface area contributed by atoms with Crippen molar-refractivity contribution < 1.29 is 8.42 Å². The summed E-state index contributed by atoms with van der Waals surface area (Å²) < 4.78 is 24.5. The smallest absolute Gasteiger partial charge is 0.238 e. The second-order valence-electron chi connectivity index (χ2n) is 7.32. The van der Waals surface area contributed by atoms with Gasteiger partial charge < -0.3 is 5.32 Å². The minimum absolute atomic E-state index is 0.149. The summed E-state index contributed by atoms with van der Waals surface area (Å²) in [6, 6.07) is 29.5. The van der Waals surface area contributed by atoms with Gasteiger partial charge in [-0.3, -0.25) is 0 Å². The van der Waals surface area contributed by atoms with Gasteiger partial charge in [-0.25, -0.2) is 13.6 Å². The number of benzene rings is 4. The molecule has 0 saturated heterocycles. The largest absolute Gasteiger partial charge is 0.312 e. The lowest BCUT2D eigenvalue weighted by molar-refractivity contribution is 0.598. The number of hydrogen-bond donors (Lipinski definition) is 2. The lowest BCUT2D eigenvalue weighted by Gasteiger charge is -2.14. The number of fused-ring (bicyclic) bond motifs is 1. The molecule has 0 radical (unpaired) electrons. The van der Waals surface area contributed by atoms with Gasteiger partial charge in [-0.15, -0.1) is 0 Å². The third-order valence-corrected chi connectivity index (χ3v) is 6.13.